The van der Waals surface area contributed by atoms with E-state index in [4.69, 9.17) is 0 Å². The Hall–Kier alpha value is -11.8. The second-order valence-corrected chi connectivity index (χ2v) is 24.9. The molecule has 0 fully saturated rings. The molecular formula is C92H68N2. The molecule has 0 aromatic heterocycles. The molecule has 2 atom stereocenters. The number of rotatable bonds is 17. The zero-order chi connectivity index (χ0) is 63.0. The van der Waals surface area contributed by atoms with E-state index in [2.05, 4.69) is 375 Å². The number of hydrogen-bond acceptors (Lipinski definition) is 2. The summed E-state index contributed by atoms with van der Waals surface area (Å²) in [5, 5.41) is 0. The minimum atomic E-state index is -0.461. The van der Waals surface area contributed by atoms with E-state index < -0.39 is 10.8 Å². The van der Waals surface area contributed by atoms with Crippen molar-refractivity contribution in [3.63, 3.8) is 0 Å². The van der Waals surface area contributed by atoms with Gasteiger partial charge < -0.3 is 9.80 Å². The summed E-state index contributed by atoms with van der Waals surface area (Å²) in [6.45, 7) is 8.13. The highest BCUT2D eigenvalue weighted by Crippen LogP contribution is 2.58. The van der Waals surface area contributed by atoms with E-state index in [1.807, 2.05) is 12.2 Å². The summed E-state index contributed by atoms with van der Waals surface area (Å²) in [6.07, 6.45) is 5.43. The second-order valence-electron chi connectivity index (χ2n) is 24.9. The van der Waals surface area contributed by atoms with Gasteiger partial charge in [-0.3, -0.25) is 0 Å². The fourth-order valence-electron chi connectivity index (χ4n) is 15.2. The van der Waals surface area contributed by atoms with Gasteiger partial charge in [-0.15, -0.1) is 0 Å². The standard InChI is InChI=1S/C92H68N2/c1-3-65-33-37-67(38-34-65)63-91(75-25-13-7-14-26-75)87-31-19-17-29-83(87)85-59-57-81(61-89(85)91)93(77-49-41-71(42-50-77)69-21-9-5-10-22-69)79-53-45-73(46-54-79)74-47-55-80(56-48-74)94(78-51-43-72(44-52-78)70-23-11-6-12-24-70)82-58-60-86-84-30-18-20-32-88(84)92(90(86)62-82,76-27-15-8-16-28-76)64-68-39-35-66(4-2)36-40-68/h3-62H,1-2,63-64H2. The number of anilines is 6. The molecule has 2 aliphatic carbocycles. The van der Waals surface area contributed by atoms with Crippen molar-refractivity contribution in [2.24, 2.45) is 0 Å². The average Bonchev–Trinajstić information content (AvgIpc) is 1.55. The Kier molecular flexibility index (Phi) is 14.9. The van der Waals surface area contributed by atoms with Gasteiger partial charge in [0.1, 0.15) is 0 Å². The van der Waals surface area contributed by atoms with Crippen LogP contribution in [0.1, 0.15) is 55.6 Å². The van der Waals surface area contributed by atoms with Crippen LogP contribution in [0.25, 0.3) is 67.8 Å². The van der Waals surface area contributed by atoms with E-state index in [1.165, 1.54) is 89.0 Å². The molecular weight excluding hydrogens is 1130 g/mol. The van der Waals surface area contributed by atoms with E-state index in [-0.39, 0.29) is 0 Å². The fourth-order valence-corrected chi connectivity index (χ4v) is 15.2. The van der Waals surface area contributed by atoms with Gasteiger partial charge in [-0.05, 0) is 197 Å². The Labute approximate surface area is 552 Å². The van der Waals surface area contributed by atoms with Gasteiger partial charge in [0.15, 0.2) is 0 Å². The van der Waals surface area contributed by atoms with Crippen molar-refractivity contribution in [2.45, 2.75) is 23.7 Å². The van der Waals surface area contributed by atoms with E-state index in [0.717, 1.165) is 69.2 Å². The maximum absolute atomic E-state index is 4.06. The zero-order valence-corrected chi connectivity index (χ0v) is 52.4. The van der Waals surface area contributed by atoms with Crippen LogP contribution in [0.15, 0.2) is 365 Å². The van der Waals surface area contributed by atoms with Gasteiger partial charge >= 0.3 is 0 Å². The molecule has 0 amide bonds. The first-order valence-electron chi connectivity index (χ1n) is 32.6. The summed E-state index contributed by atoms with van der Waals surface area (Å²) < 4.78 is 0. The van der Waals surface area contributed by atoms with E-state index >= 15 is 0 Å². The van der Waals surface area contributed by atoms with Crippen LogP contribution in [0.5, 0.6) is 0 Å². The van der Waals surface area contributed by atoms with Gasteiger partial charge in [-0.25, -0.2) is 0 Å². The van der Waals surface area contributed by atoms with Crippen molar-refractivity contribution in [3.8, 4) is 55.6 Å². The first-order chi connectivity index (χ1) is 46.4. The molecule has 2 heteroatoms. The van der Waals surface area contributed by atoms with Crippen molar-refractivity contribution in [1.29, 1.82) is 0 Å². The van der Waals surface area contributed by atoms with Gasteiger partial charge in [0.25, 0.3) is 0 Å². The molecule has 0 N–H and O–H groups in total. The van der Waals surface area contributed by atoms with Crippen LogP contribution in [-0.4, -0.2) is 0 Å². The lowest BCUT2D eigenvalue weighted by molar-refractivity contribution is 0.629. The normalized spacial score (nSPS) is 14.9. The molecule has 2 aliphatic rings. The molecule has 14 aromatic carbocycles. The molecule has 446 valence electrons. The number of benzene rings is 14. The van der Waals surface area contributed by atoms with Crippen LogP contribution >= 0.6 is 0 Å². The Bertz CT molecular complexity index is 4720. The third-order valence-electron chi connectivity index (χ3n) is 19.7. The van der Waals surface area contributed by atoms with Crippen LogP contribution in [0, 0.1) is 0 Å². The summed E-state index contributed by atoms with van der Waals surface area (Å²) >= 11 is 0. The molecule has 0 aliphatic heterocycles. The minimum Gasteiger partial charge on any atom is -0.310 e. The largest absolute Gasteiger partial charge is 0.310 e. The fraction of sp³-hybridized carbons (Fsp3) is 0.0435. The molecule has 14 aromatic rings. The summed E-state index contributed by atoms with van der Waals surface area (Å²) in [5.41, 5.74) is 30.2. The molecule has 0 heterocycles. The number of nitrogens with zero attached hydrogens (tertiary/aromatic N) is 2. The van der Waals surface area contributed by atoms with E-state index in [9.17, 15) is 0 Å². The second kappa shape index (κ2) is 24.4. The van der Waals surface area contributed by atoms with Gasteiger partial charge in [0.05, 0.1) is 10.8 Å². The van der Waals surface area contributed by atoms with E-state index in [0.29, 0.717) is 0 Å². The lowest BCUT2D eigenvalue weighted by Gasteiger charge is -2.34. The van der Waals surface area contributed by atoms with Crippen LogP contribution in [0.4, 0.5) is 34.1 Å². The molecule has 94 heavy (non-hydrogen) atoms. The smallest absolute Gasteiger partial charge is 0.0504 e. The molecule has 0 saturated carbocycles. The van der Waals surface area contributed by atoms with Crippen LogP contribution in [0.2, 0.25) is 0 Å². The number of hydrogen-bond donors (Lipinski definition) is 0. The Morgan fingerprint density at radius 2 is 0.500 bits per heavy atom. The molecule has 0 spiro atoms. The molecule has 0 radical (unpaired) electrons. The third kappa shape index (κ3) is 10.2. The topological polar surface area (TPSA) is 6.48 Å². The number of fused-ring (bicyclic) bond motifs is 6. The summed E-state index contributed by atoms with van der Waals surface area (Å²) in [7, 11) is 0. The molecule has 2 nitrogen and oxygen atoms in total. The maximum atomic E-state index is 4.06. The van der Waals surface area contributed by atoms with Crippen LogP contribution in [0.3, 0.4) is 0 Å². The highest BCUT2D eigenvalue weighted by Gasteiger charge is 2.47. The Balaban J connectivity index is 0.795. The highest BCUT2D eigenvalue weighted by atomic mass is 15.1. The molecule has 16 rings (SSSR count). The molecule has 2 unspecified atom stereocenters. The predicted molar refractivity (Wildman–Crippen MR) is 396 cm³/mol. The van der Waals surface area contributed by atoms with Gasteiger partial charge in [0.2, 0.25) is 0 Å². The van der Waals surface area contributed by atoms with Crippen molar-refractivity contribution in [2.75, 3.05) is 9.80 Å². The van der Waals surface area contributed by atoms with Gasteiger partial charge in [0, 0.05) is 34.1 Å². The highest BCUT2D eigenvalue weighted by molar-refractivity contribution is 5.91. The van der Waals surface area contributed by atoms with Crippen molar-refractivity contribution < 1.29 is 0 Å². The van der Waals surface area contributed by atoms with Gasteiger partial charge in [-0.2, -0.15) is 0 Å². The Morgan fingerprint density at radius 1 is 0.234 bits per heavy atom. The monoisotopic (exact) mass is 1200 g/mol. The first kappa shape index (κ1) is 57.3. The van der Waals surface area contributed by atoms with Gasteiger partial charge in [-0.1, -0.05) is 304 Å². The average molecular weight is 1200 g/mol. The molecule has 0 saturated heterocycles. The summed E-state index contributed by atoms with van der Waals surface area (Å²) in [6, 6.07) is 130. The minimum absolute atomic E-state index is 0.461. The van der Waals surface area contributed by atoms with Crippen LogP contribution < -0.4 is 9.80 Å². The third-order valence-corrected chi connectivity index (χ3v) is 19.7. The lowest BCUT2D eigenvalue weighted by Crippen LogP contribution is -2.30. The van der Waals surface area contributed by atoms with Crippen molar-refractivity contribution >= 4 is 46.3 Å². The van der Waals surface area contributed by atoms with Crippen molar-refractivity contribution in [1.82, 2.24) is 0 Å². The van der Waals surface area contributed by atoms with Crippen molar-refractivity contribution in [3.05, 3.63) is 421 Å². The van der Waals surface area contributed by atoms with E-state index in [1.54, 1.807) is 0 Å². The summed E-state index contributed by atoms with van der Waals surface area (Å²) in [5.74, 6) is 0. The Morgan fingerprint density at radius 3 is 0.819 bits per heavy atom. The maximum Gasteiger partial charge on any atom is 0.0504 e. The summed E-state index contributed by atoms with van der Waals surface area (Å²) in [4.78, 5) is 4.86. The first-order valence-corrected chi connectivity index (χ1v) is 32.6. The van der Waals surface area contributed by atoms with Crippen LogP contribution in [-0.2, 0) is 23.7 Å². The quantitative estimate of drug-likeness (QED) is 0.0896. The molecule has 0 bridgehead atoms. The zero-order valence-electron chi connectivity index (χ0n) is 52.4. The lowest BCUT2D eigenvalue weighted by atomic mass is 9.68. The predicted octanol–water partition coefficient (Wildman–Crippen LogP) is 24.0. The SMILES string of the molecule is C=Cc1ccc(CC2(c3ccccc3)c3ccccc3-c3ccc(N(c4ccc(-c5ccccc5)cc4)c4ccc(-c5ccc(N(c6ccc(-c7ccccc7)cc6)c6ccc7c(c6)C(Cc6ccc(C=C)cc6)(c6ccccc6)c6ccccc6-7)cc5)cc4)cc32)cc1.